The molecule has 0 radical (unpaired) electrons. The van der Waals surface area contributed by atoms with Gasteiger partial charge in [-0.15, -0.1) is 0 Å². The molecule has 3 unspecified atom stereocenters. The highest BCUT2D eigenvalue weighted by Crippen LogP contribution is 2.66. The zero-order valence-electron chi connectivity index (χ0n) is 36.2. The average molecular weight is 822 g/mol. The first-order valence-electron chi connectivity index (χ1n) is 23.3. The van der Waals surface area contributed by atoms with E-state index in [1.807, 2.05) is 0 Å². The fraction of sp³-hybridized carbons (Fsp3) is 0.161. The van der Waals surface area contributed by atoms with Gasteiger partial charge in [0.2, 0.25) is 0 Å². The maximum atomic E-state index is 6.78. The second kappa shape index (κ2) is 13.2. The van der Waals surface area contributed by atoms with Crippen molar-refractivity contribution >= 4 is 49.8 Å². The molecule has 306 valence electrons. The lowest BCUT2D eigenvalue weighted by Gasteiger charge is -2.37. The predicted molar refractivity (Wildman–Crippen MR) is 266 cm³/mol. The average Bonchev–Trinajstić information content (AvgIpc) is 4.16. The van der Waals surface area contributed by atoms with E-state index in [1.54, 1.807) is 5.56 Å². The van der Waals surface area contributed by atoms with Crippen molar-refractivity contribution in [2.24, 2.45) is 11.8 Å². The van der Waals surface area contributed by atoms with Gasteiger partial charge in [-0.2, -0.15) is 0 Å². The molecule has 0 aliphatic heterocycles. The second-order valence-electron chi connectivity index (χ2n) is 19.6. The van der Waals surface area contributed by atoms with Crippen LogP contribution < -0.4 is 4.90 Å². The van der Waals surface area contributed by atoms with Gasteiger partial charge in [0.25, 0.3) is 0 Å². The van der Waals surface area contributed by atoms with Gasteiger partial charge < -0.3 is 9.32 Å². The Kier molecular flexibility index (Phi) is 7.49. The van der Waals surface area contributed by atoms with Crippen LogP contribution in [-0.2, 0) is 10.8 Å². The standard InChI is InChI=1S/C62H47NO/c1-61(2)53-24-8-5-19-47(53)51-23-12-21-44(59(51)61)40-15-11-16-42(35-40)63(43-31-33-48-46-18-6-9-25-54(46)62(55(48)36-43)37-38-28-30-41(62)34-38)56-26-10-7-20-49(56)50-22-13-27-57-58(50)52-32-29-39-14-3-4-17-45(39)60(52)64-57/h3-27,29,31-33,35-36,38,41H,28,30,34,37H2,1-2H3. The number of rotatable bonds is 5. The van der Waals surface area contributed by atoms with Crippen LogP contribution >= 0.6 is 0 Å². The first-order valence-corrected chi connectivity index (χ1v) is 23.3. The SMILES string of the molecule is CC1(C)c2ccccc2-c2cccc(-c3cccc(N(c4ccc5c(c4)C4(CC6CCC4C6)c4ccccc4-5)c4ccccc4-c4cccc5oc6c7ccccc7ccc6c45)c3)c21. The van der Waals surface area contributed by atoms with Gasteiger partial charge in [0.1, 0.15) is 11.2 Å². The summed E-state index contributed by atoms with van der Waals surface area (Å²) in [4.78, 5) is 2.56. The molecule has 2 heteroatoms. The summed E-state index contributed by atoms with van der Waals surface area (Å²) in [5.74, 6) is 1.47. The van der Waals surface area contributed by atoms with Crippen LogP contribution in [0.25, 0.3) is 77.2 Å². The molecule has 1 spiro atoms. The molecule has 2 bridgehead atoms. The molecule has 3 atom stereocenters. The minimum absolute atomic E-state index is 0.0626. The summed E-state index contributed by atoms with van der Waals surface area (Å²) in [6.07, 6.45) is 5.27. The van der Waals surface area contributed by atoms with Crippen LogP contribution in [0, 0.1) is 11.8 Å². The third-order valence-corrected chi connectivity index (χ3v) is 16.1. The number of fused-ring (bicyclic) bond motifs is 16. The van der Waals surface area contributed by atoms with Crippen molar-refractivity contribution in [3.8, 4) is 44.5 Å². The Morgan fingerprint density at radius 1 is 0.500 bits per heavy atom. The maximum absolute atomic E-state index is 6.78. The lowest BCUT2D eigenvalue weighted by molar-refractivity contribution is 0.327. The van der Waals surface area contributed by atoms with Crippen molar-refractivity contribution in [2.45, 2.75) is 50.4 Å². The largest absolute Gasteiger partial charge is 0.455 e. The van der Waals surface area contributed by atoms with Crippen molar-refractivity contribution < 1.29 is 4.42 Å². The van der Waals surface area contributed by atoms with Gasteiger partial charge >= 0.3 is 0 Å². The molecule has 0 saturated heterocycles. The molecule has 14 rings (SSSR count). The minimum Gasteiger partial charge on any atom is -0.455 e. The number of furan rings is 1. The van der Waals surface area contributed by atoms with Gasteiger partial charge in [-0.1, -0.05) is 166 Å². The second-order valence-corrected chi connectivity index (χ2v) is 19.6. The molecule has 64 heavy (non-hydrogen) atoms. The zero-order chi connectivity index (χ0) is 42.3. The number of hydrogen-bond donors (Lipinski definition) is 0. The summed E-state index contributed by atoms with van der Waals surface area (Å²) in [5.41, 5.74) is 21.5. The predicted octanol–water partition coefficient (Wildman–Crippen LogP) is 16.9. The van der Waals surface area contributed by atoms with Crippen LogP contribution in [0.5, 0.6) is 0 Å². The fourth-order valence-corrected chi connectivity index (χ4v) is 13.5. The highest BCUT2D eigenvalue weighted by Gasteiger charge is 2.56. The van der Waals surface area contributed by atoms with Crippen LogP contribution in [0.4, 0.5) is 17.1 Å². The molecule has 1 heterocycles. The maximum Gasteiger partial charge on any atom is 0.143 e. The van der Waals surface area contributed by atoms with Gasteiger partial charge in [-0.05, 0) is 140 Å². The molecule has 1 aromatic heterocycles. The Morgan fingerprint density at radius 3 is 2.05 bits per heavy atom. The van der Waals surface area contributed by atoms with E-state index >= 15 is 0 Å². The monoisotopic (exact) mass is 821 g/mol. The summed E-state index contributed by atoms with van der Waals surface area (Å²) >= 11 is 0. The Balaban J connectivity index is 1.01. The fourth-order valence-electron chi connectivity index (χ4n) is 13.5. The first kappa shape index (κ1) is 36.3. The minimum atomic E-state index is -0.133. The van der Waals surface area contributed by atoms with Gasteiger partial charge in [-0.3, -0.25) is 0 Å². The van der Waals surface area contributed by atoms with Crippen LogP contribution in [0.15, 0.2) is 192 Å². The van der Waals surface area contributed by atoms with E-state index in [1.165, 1.54) is 98.0 Å². The number of benzene rings is 9. The van der Waals surface area contributed by atoms with Crippen LogP contribution in [0.1, 0.15) is 61.8 Å². The molecule has 4 aliphatic carbocycles. The number of para-hydroxylation sites is 1. The molecule has 2 saturated carbocycles. The normalized spacial score (nSPS) is 19.7. The van der Waals surface area contributed by atoms with Crippen molar-refractivity contribution in [2.75, 3.05) is 4.90 Å². The Morgan fingerprint density at radius 2 is 1.19 bits per heavy atom. The lowest BCUT2D eigenvalue weighted by Crippen LogP contribution is -2.32. The molecule has 2 fully saturated rings. The topological polar surface area (TPSA) is 16.4 Å². The Labute approximate surface area is 374 Å². The van der Waals surface area contributed by atoms with E-state index in [0.29, 0.717) is 5.92 Å². The van der Waals surface area contributed by atoms with Gasteiger partial charge in [0, 0.05) is 43.9 Å². The third-order valence-electron chi connectivity index (χ3n) is 16.1. The van der Waals surface area contributed by atoms with E-state index < -0.39 is 0 Å². The van der Waals surface area contributed by atoms with Crippen LogP contribution in [-0.4, -0.2) is 0 Å². The van der Waals surface area contributed by atoms with E-state index in [-0.39, 0.29) is 10.8 Å². The summed E-state index contributed by atoms with van der Waals surface area (Å²) in [5, 5.41) is 4.62. The zero-order valence-corrected chi connectivity index (χ0v) is 36.2. The molecular weight excluding hydrogens is 775 g/mol. The smallest absolute Gasteiger partial charge is 0.143 e. The van der Waals surface area contributed by atoms with Gasteiger partial charge in [-0.25, -0.2) is 0 Å². The molecule has 4 aliphatic rings. The first-order chi connectivity index (χ1) is 31.5. The van der Waals surface area contributed by atoms with Crippen molar-refractivity contribution in [3.05, 3.63) is 210 Å². The van der Waals surface area contributed by atoms with E-state index in [9.17, 15) is 0 Å². The summed E-state index contributed by atoms with van der Waals surface area (Å²) in [6.45, 7) is 4.79. The highest BCUT2D eigenvalue weighted by molar-refractivity contribution is 6.19. The molecule has 9 aromatic carbocycles. The summed E-state index contributed by atoms with van der Waals surface area (Å²) in [7, 11) is 0. The van der Waals surface area contributed by atoms with Crippen molar-refractivity contribution in [3.63, 3.8) is 0 Å². The van der Waals surface area contributed by atoms with Gasteiger partial charge in [0.15, 0.2) is 0 Å². The number of hydrogen-bond acceptors (Lipinski definition) is 2. The number of anilines is 3. The molecule has 2 nitrogen and oxygen atoms in total. The Bertz CT molecular complexity index is 3590. The molecule has 0 N–H and O–H groups in total. The van der Waals surface area contributed by atoms with E-state index in [2.05, 4.69) is 207 Å². The quantitative estimate of drug-likeness (QED) is 0.172. The highest BCUT2D eigenvalue weighted by atomic mass is 16.3. The van der Waals surface area contributed by atoms with Crippen LogP contribution in [0.3, 0.4) is 0 Å². The van der Waals surface area contributed by atoms with Gasteiger partial charge in [0.05, 0.1) is 5.69 Å². The summed E-state index contributed by atoms with van der Waals surface area (Å²) < 4.78 is 6.78. The molecule has 0 amide bonds. The molecule has 10 aromatic rings. The Hall–Kier alpha value is -7.16. The molecular formula is C62H47NO. The third kappa shape index (κ3) is 4.86. The lowest BCUT2D eigenvalue weighted by atomic mass is 9.67. The summed E-state index contributed by atoms with van der Waals surface area (Å²) in [6, 6.07) is 70.7. The van der Waals surface area contributed by atoms with Crippen LogP contribution in [0.2, 0.25) is 0 Å². The number of nitrogens with zero attached hydrogens (tertiary/aromatic N) is 1. The van der Waals surface area contributed by atoms with E-state index in [0.717, 1.165) is 44.6 Å². The van der Waals surface area contributed by atoms with Crippen molar-refractivity contribution in [1.82, 2.24) is 0 Å². The van der Waals surface area contributed by atoms with E-state index in [4.69, 9.17) is 4.42 Å². The van der Waals surface area contributed by atoms with Crippen molar-refractivity contribution in [1.29, 1.82) is 0 Å².